The molecular formula is C11H5BrF2N2O3S. The van der Waals surface area contributed by atoms with Crippen LogP contribution in [0.3, 0.4) is 0 Å². The van der Waals surface area contributed by atoms with E-state index in [0.717, 1.165) is 17.4 Å². The van der Waals surface area contributed by atoms with Gasteiger partial charge in [-0.05, 0) is 33.4 Å². The molecule has 0 bridgehead atoms. The number of thiophene rings is 1. The van der Waals surface area contributed by atoms with Gasteiger partial charge < -0.3 is 5.32 Å². The molecule has 1 heterocycles. The van der Waals surface area contributed by atoms with Crippen LogP contribution in [0.2, 0.25) is 0 Å². The molecule has 0 aliphatic carbocycles. The van der Waals surface area contributed by atoms with E-state index in [-0.39, 0.29) is 4.88 Å². The van der Waals surface area contributed by atoms with Crippen LogP contribution in [0.25, 0.3) is 0 Å². The summed E-state index contributed by atoms with van der Waals surface area (Å²) in [6.07, 6.45) is 0. The Hall–Kier alpha value is -1.87. The van der Waals surface area contributed by atoms with Gasteiger partial charge in [0, 0.05) is 10.5 Å². The Morgan fingerprint density at radius 1 is 1.35 bits per heavy atom. The SMILES string of the molecule is O=C(Nc1c([N+](=O)[O-])ccc(F)c1F)c1sccc1Br. The van der Waals surface area contributed by atoms with Crippen LogP contribution in [0.5, 0.6) is 0 Å². The molecule has 1 amide bonds. The molecule has 0 spiro atoms. The molecule has 5 nitrogen and oxygen atoms in total. The third-order valence-corrected chi connectivity index (χ3v) is 4.17. The lowest BCUT2D eigenvalue weighted by atomic mass is 10.2. The highest BCUT2D eigenvalue weighted by Crippen LogP contribution is 2.31. The van der Waals surface area contributed by atoms with Gasteiger partial charge in [0.2, 0.25) is 0 Å². The first-order valence-electron chi connectivity index (χ1n) is 5.08. The summed E-state index contributed by atoms with van der Waals surface area (Å²) in [6, 6.07) is 3.01. The number of carbonyl (C=O) groups excluding carboxylic acids is 1. The monoisotopic (exact) mass is 362 g/mol. The van der Waals surface area contributed by atoms with Crippen molar-refractivity contribution in [2.45, 2.75) is 0 Å². The number of rotatable bonds is 3. The van der Waals surface area contributed by atoms with Crippen LogP contribution in [0, 0.1) is 21.7 Å². The molecule has 0 saturated carbocycles. The number of halogens is 3. The topological polar surface area (TPSA) is 72.2 Å². The maximum atomic E-state index is 13.6. The summed E-state index contributed by atoms with van der Waals surface area (Å²) >= 11 is 4.16. The van der Waals surface area contributed by atoms with Gasteiger partial charge in [-0.1, -0.05) is 0 Å². The number of benzene rings is 1. The molecule has 104 valence electrons. The molecule has 9 heteroatoms. The van der Waals surface area contributed by atoms with E-state index in [4.69, 9.17) is 0 Å². The van der Waals surface area contributed by atoms with E-state index in [1.807, 2.05) is 5.32 Å². The van der Waals surface area contributed by atoms with Gasteiger partial charge in [-0.15, -0.1) is 11.3 Å². The predicted molar refractivity (Wildman–Crippen MR) is 73.0 cm³/mol. The van der Waals surface area contributed by atoms with Crippen molar-refractivity contribution in [3.05, 3.63) is 54.7 Å². The Kier molecular flexibility index (Phi) is 4.09. The van der Waals surface area contributed by atoms with Crippen LogP contribution in [0.15, 0.2) is 28.1 Å². The summed E-state index contributed by atoms with van der Waals surface area (Å²) in [5, 5.41) is 14.4. The average Bonchev–Trinajstić information content (AvgIpc) is 2.81. The lowest BCUT2D eigenvalue weighted by molar-refractivity contribution is -0.384. The zero-order valence-corrected chi connectivity index (χ0v) is 11.9. The Morgan fingerprint density at radius 3 is 2.60 bits per heavy atom. The van der Waals surface area contributed by atoms with Crippen molar-refractivity contribution in [1.82, 2.24) is 0 Å². The number of amides is 1. The van der Waals surface area contributed by atoms with Crippen molar-refractivity contribution < 1.29 is 18.5 Å². The Morgan fingerprint density at radius 2 is 2.05 bits per heavy atom. The van der Waals surface area contributed by atoms with Crippen molar-refractivity contribution in [3.8, 4) is 0 Å². The Balaban J connectivity index is 2.43. The van der Waals surface area contributed by atoms with Gasteiger partial charge in [0.15, 0.2) is 17.3 Å². The van der Waals surface area contributed by atoms with E-state index in [2.05, 4.69) is 15.9 Å². The predicted octanol–water partition coefficient (Wildman–Crippen LogP) is 3.95. The molecule has 0 aliphatic heterocycles. The molecule has 0 unspecified atom stereocenters. The van der Waals surface area contributed by atoms with Crippen molar-refractivity contribution in [2.24, 2.45) is 0 Å². The molecule has 0 saturated heterocycles. The summed E-state index contributed by atoms with van der Waals surface area (Å²) in [4.78, 5) is 22.0. The number of nitrogens with one attached hydrogen (secondary N) is 1. The summed E-state index contributed by atoms with van der Waals surface area (Å²) < 4.78 is 27.2. The number of hydrogen-bond donors (Lipinski definition) is 1. The minimum Gasteiger partial charge on any atom is -0.313 e. The zero-order valence-electron chi connectivity index (χ0n) is 9.52. The van der Waals surface area contributed by atoms with E-state index in [1.54, 1.807) is 11.4 Å². The third kappa shape index (κ3) is 2.68. The third-order valence-electron chi connectivity index (χ3n) is 2.33. The van der Waals surface area contributed by atoms with Crippen molar-refractivity contribution in [1.29, 1.82) is 0 Å². The van der Waals surface area contributed by atoms with Gasteiger partial charge in [-0.25, -0.2) is 8.78 Å². The van der Waals surface area contributed by atoms with Gasteiger partial charge in [-0.3, -0.25) is 14.9 Å². The van der Waals surface area contributed by atoms with E-state index in [0.29, 0.717) is 10.5 Å². The number of nitrogens with zero attached hydrogens (tertiary/aromatic N) is 1. The van der Waals surface area contributed by atoms with E-state index >= 15 is 0 Å². The molecule has 20 heavy (non-hydrogen) atoms. The highest BCUT2D eigenvalue weighted by atomic mass is 79.9. The molecule has 0 fully saturated rings. The zero-order chi connectivity index (χ0) is 14.9. The van der Waals surface area contributed by atoms with Crippen LogP contribution in [0.1, 0.15) is 9.67 Å². The molecule has 2 aromatic rings. The summed E-state index contributed by atoms with van der Waals surface area (Å²) in [5.41, 5.74) is -1.51. The van der Waals surface area contributed by atoms with Crippen molar-refractivity contribution in [2.75, 3.05) is 5.32 Å². The van der Waals surface area contributed by atoms with E-state index < -0.39 is 33.8 Å². The lowest BCUT2D eigenvalue weighted by Gasteiger charge is -2.07. The number of carbonyl (C=O) groups is 1. The van der Waals surface area contributed by atoms with Crippen LogP contribution >= 0.6 is 27.3 Å². The van der Waals surface area contributed by atoms with Gasteiger partial charge in [-0.2, -0.15) is 0 Å². The number of nitro benzene ring substituents is 1. The highest BCUT2D eigenvalue weighted by Gasteiger charge is 2.24. The highest BCUT2D eigenvalue weighted by molar-refractivity contribution is 9.10. The molecule has 1 aromatic heterocycles. The first-order valence-corrected chi connectivity index (χ1v) is 6.75. The molecule has 1 aromatic carbocycles. The fraction of sp³-hybridized carbons (Fsp3) is 0. The van der Waals surface area contributed by atoms with Crippen LogP contribution in [-0.4, -0.2) is 10.8 Å². The lowest BCUT2D eigenvalue weighted by Crippen LogP contribution is -2.14. The molecule has 0 atom stereocenters. The number of nitro groups is 1. The standard InChI is InChI=1S/C11H5BrF2N2O3S/c12-5-3-4-20-10(5)11(17)15-9-7(16(18)19)2-1-6(13)8(9)14/h1-4H,(H,15,17). The molecule has 0 radical (unpaired) electrons. The smallest absolute Gasteiger partial charge is 0.296 e. The second kappa shape index (κ2) is 5.63. The summed E-state index contributed by atoms with van der Waals surface area (Å²) in [5.74, 6) is -3.52. The quantitative estimate of drug-likeness (QED) is 0.663. The fourth-order valence-corrected chi connectivity index (χ4v) is 2.88. The molecule has 0 aliphatic rings. The van der Waals surface area contributed by atoms with Gasteiger partial charge in [0.05, 0.1) is 4.92 Å². The van der Waals surface area contributed by atoms with E-state index in [9.17, 15) is 23.7 Å². The van der Waals surface area contributed by atoms with Gasteiger partial charge in [0.1, 0.15) is 4.88 Å². The van der Waals surface area contributed by atoms with Crippen molar-refractivity contribution >= 4 is 44.5 Å². The average molecular weight is 363 g/mol. The first kappa shape index (κ1) is 14.5. The second-order valence-electron chi connectivity index (χ2n) is 3.56. The maximum Gasteiger partial charge on any atom is 0.296 e. The summed E-state index contributed by atoms with van der Waals surface area (Å²) in [6.45, 7) is 0. The molecule has 2 rings (SSSR count). The van der Waals surface area contributed by atoms with Gasteiger partial charge in [0.25, 0.3) is 11.6 Å². The maximum absolute atomic E-state index is 13.6. The first-order chi connectivity index (χ1) is 9.41. The Bertz CT molecular complexity index is 705. The van der Waals surface area contributed by atoms with Gasteiger partial charge >= 0.3 is 0 Å². The van der Waals surface area contributed by atoms with Crippen LogP contribution < -0.4 is 5.32 Å². The molecular weight excluding hydrogens is 358 g/mol. The number of hydrogen-bond acceptors (Lipinski definition) is 4. The van der Waals surface area contributed by atoms with Crippen molar-refractivity contribution in [3.63, 3.8) is 0 Å². The fourth-order valence-electron chi connectivity index (χ4n) is 1.44. The second-order valence-corrected chi connectivity index (χ2v) is 5.33. The largest absolute Gasteiger partial charge is 0.313 e. The minimum absolute atomic E-state index is 0.197. The normalized spacial score (nSPS) is 10.3. The number of anilines is 1. The Labute approximate surface area is 123 Å². The minimum atomic E-state index is -1.47. The van der Waals surface area contributed by atoms with Crippen LogP contribution in [0.4, 0.5) is 20.2 Å². The van der Waals surface area contributed by atoms with Crippen LogP contribution in [-0.2, 0) is 0 Å². The summed E-state index contributed by atoms with van der Waals surface area (Å²) in [7, 11) is 0. The van der Waals surface area contributed by atoms with E-state index in [1.165, 1.54) is 0 Å². The molecule has 1 N–H and O–H groups in total.